The fourth-order valence-electron chi connectivity index (χ4n) is 3.00. The molecule has 0 spiro atoms. The molecule has 1 unspecified atom stereocenters. The average molecular weight is 462 g/mol. The molecule has 2 heterocycles. The van der Waals surface area contributed by atoms with Crippen LogP contribution in [-0.4, -0.2) is 22.1 Å². The molecule has 0 saturated carbocycles. The lowest BCUT2D eigenvalue weighted by molar-refractivity contribution is -0.141. The van der Waals surface area contributed by atoms with Gasteiger partial charge < -0.3 is 15.0 Å². The van der Waals surface area contributed by atoms with Gasteiger partial charge in [-0.05, 0) is 48.5 Å². The van der Waals surface area contributed by atoms with Crippen molar-refractivity contribution in [2.24, 2.45) is 0 Å². The van der Waals surface area contributed by atoms with Crippen molar-refractivity contribution in [2.45, 2.75) is 16.8 Å². The van der Waals surface area contributed by atoms with E-state index < -0.39 is 11.9 Å². The third kappa shape index (κ3) is 5.11. The van der Waals surface area contributed by atoms with Gasteiger partial charge in [0, 0.05) is 27.8 Å². The molecule has 0 aliphatic carbocycles. The Labute approximate surface area is 183 Å². The zero-order chi connectivity index (χ0) is 22.0. The SMILES string of the molecule is COc1ccc(Nc2ccc3nc(CSc4ccnc(C(F)(F)F)c4)[nH]c3c2)cc1P. The number of rotatable bonds is 6. The summed E-state index contributed by atoms with van der Waals surface area (Å²) >= 11 is 1.27. The van der Waals surface area contributed by atoms with E-state index >= 15 is 0 Å². The third-order valence-corrected chi connectivity index (χ3v) is 5.90. The Kier molecular flexibility index (Phi) is 6.07. The predicted molar refractivity (Wildman–Crippen MR) is 121 cm³/mol. The van der Waals surface area contributed by atoms with Crippen molar-refractivity contribution >= 4 is 48.7 Å². The van der Waals surface area contributed by atoms with E-state index in [2.05, 4.69) is 29.5 Å². The summed E-state index contributed by atoms with van der Waals surface area (Å²) in [5.41, 5.74) is 2.52. The number of fused-ring (bicyclic) bond motifs is 1. The zero-order valence-corrected chi connectivity index (χ0v) is 18.3. The van der Waals surface area contributed by atoms with Crippen molar-refractivity contribution in [2.75, 3.05) is 12.4 Å². The largest absolute Gasteiger partial charge is 0.496 e. The van der Waals surface area contributed by atoms with Gasteiger partial charge in [-0.1, -0.05) is 0 Å². The van der Waals surface area contributed by atoms with Gasteiger partial charge in [-0.15, -0.1) is 21.0 Å². The van der Waals surface area contributed by atoms with Crippen LogP contribution in [0.15, 0.2) is 59.6 Å². The topological polar surface area (TPSA) is 62.8 Å². The minimum Gasteiger partial charge on any atom is -0.496 e. The Hall–Kier alpha value is -2.77. The first kappa shape index (κ1) is 21.5. The number of aromatic nitrogens is 3. The Balaban J connectivity index is 1.47. The van der Waals surface area contributed by atoms with Crippen molar-refractivity contribution in [3.8, 4) is 5.75 Å². The van der Waals surface area contributed by atoms with Gasteiger partial charge >= 0.3 is 6.18 Å². The fourth-order valence-corrected chi connectivity index (χ4v) is 4.18. The molecular formula is C21H18F3N4OPS. The molecule has 0 saturated heterocycles. The van der Waals surface area contributed by atoms with Crippen LogP contribution in [0.5, 0.6) is 5.75 Å². The number of pyridine rings is 1. The van der Waals surface area contributed by atoms with E-state index in [1.807, 2.05) is 36.4 Å². The summed E-state index contributed by atoms with van der Waals surface area (Å²) in [5, 5.41) is 4.28. The number of imidazole rings is 1. The van der Waals surface area contributed by atoms with Gasteiger partial charge in [-0.25, -0.2) is 4.98 Å². The van der Waals surface area contributed by atoms with Crippen LogP contribution in [0.25, 0.3) is 11.0 Å². The summed E-state index contributed by atoms with van der Waals surface area (Å²) < 4.78 is 43.7. The number of hydrogen-bond acceptors (Lipinski definition) is 5. The quantitative estimate of drug-likeness (QED) is 0.292. The normalized spacial score (nSPS) is 11.6. The lowest BCUT2D eigenvalue weighted by Gasteiger charge is -2.09. The van der Waals surface area contributed by atoms with E-state index in [9.17, 15) is 13.2 Å². The zero-order valence-electron chi connectivity index (χ0n) is 16.3. The van der Waals surface area contributed by atoms with Crippen LogP contribution in [0.1, 0.15) is 11.5 Å². The van der Waals surface area contributed by atoms with E-state index in [4.69, 9.17) is 4.74 Å². The number of anilines is 2. The van der Waals surface area contributed by atoms with Crippen molar-refractivity contribution in [1.82, 2.24) is 15.0 Å². The van der Waals surface area contributed by atoms with Gasteiger partial charge in [0.05, 0.1) is 23.9 Å². The maximum atomic E-state index is 12.8. The number of alkyl halides is 3. The van der Waals surface area contributed by atoms with Crippen LogP contribution in [-0.2, 0) is 11.9 Å². The molecule has 4 rings (SSSR count). The number of hydrogen-bond donors (Lipinski definition) is 2. The van der Waals surface area contributed by atoms with E-state index in [-0.39, 0.29) is 0 Å². The average Bonchev–Trinajstić information content (AvgIpc) is 3.14. The summed E-state index contributed by atoms with van der Waals surface area (Å²) in [6.45, 7) is 0. The first-order valence-electron chi connectivity index (χ1n) is 9.17. The van der Waals surface area contributed by atoms with Gasteiger partial charge in [-0.2, -0.15) is 13.2 Å². The molecule has 0 aliphatic rings. The van der Waals surface area contributed by atoms with E-state index in [1.54, 1.807) is 13.2 Å². The van der Waals surface area contributed by atoms with E-state index in [1.165, 1.54) is 18.0 Å². The lowest BCUT2D eigenvalue weighted by atomic mass is 10.2. The number of nitrogens with zero attached hydrogens (tertiary/aromatic N) is 2. The second-order valence-corrected chi connectivity index (χ2v) is 8.33. The summed E-state index contributed by atoms with van der Waals surface area (Å²) in [6.07, 6.45) is -3.29. The molecule has 0 radical (unpaired) electrons. The van der Waals surface area contributed by atoms with Crippen LogP contribution < -0.4 is 15.4 Å². The molecule has 2 N–H and O–H groups in total. The van der Waals surface area contributed by atoms with Gasteiger partial charge in [0.2, 0.25) is 0 Å². The number of ether oxygens (including phenoxy) is 1. The number of H-pyrrole nitrogens is 1. The lowest BCUT2D eigenvalue weighted by Crippen LogP contribution is -2.07. The first-order valence-corrected chi connectivity index (χ1v) is 10.7. The number of methoxy groups -OCH3 is 1. The second kappa shape index (κ2) is 8.77. The number of halogens is 3. The molecule has 31 heavy (non-hydrogen) atoms. The summed E-state index contributed by atoms with van der Waals surface area (Å²) in [6, 6.07) is 14.1. The Bertz CT molecular complexity index is 1230. The first-order chi connectivity index (χ1) is 14.8. The molecule has 2 aromatic carbocycles. The molecule has 160 valence electrons. The maximum absolute atomic E-state index is 12.8. The van der Waals surface area contributed by atoms with Crippen LogP contribution in [0.2, 0.25) is 0 Å². The van der Waals surface area contributed by atoms with E-state index in [0.717, 1.165) is 39.5 Å². The molecule has 2 aromatic heterocycles. The van der Waals surface area contributed by atoms with Crippen LogP contribution >= 0.6 is 21.0 Å². The molecule has 0 bridgehead atoms. The molecule has 5 nitrogen and oxygen atoms in total. The number of nitrogens with one attached hydrogen (secondary N) is 2. The highest BCUT2D eigenvalue weighted by atomic mass is 32.2. The minimum absolute atomic E-state index is 0.410. The van der Waals surface area contributed by atoms with E-state index in [0.29, 0.717) is 16.5 Å². The molecule has 10 heteroatoms. The number of benzene rings is 2. The van der Waals surface area contributed by atoms with Crippen molar-refractivity contribution < 1.29 is 17.9 Å². The predicted octanol–water partition coefficient (Wildman–Crippen LogP) is 5.52. The minimum atomic E-state index is -4.46. The third-order valence-electron chi connectivity index (χ3n) is 4.45. The Morgan fingerprint density at radius 1 is 1.10 bits per heavy atom. The van der Waals surface area contributed by atoms with Crippen LogP contribution in [0.4, 0.5) is 24.5 Å². The summed E-state index contributed by atoms with van der Waals surface area (Å²) in [7, 11) is 4.27. The molecule has 0 amide bonds. The van der Waals surface area contributed by atoms with Gasteiger partial charge in [0.1, 0.15) is 17.3 Å². The molecular weight excluding hydrogens is 444 g/mol. The summed E-state index contributed by atoms with van der Waals surface area (Å²) in [4.78, 5) is 11.6. The number of thioether (sulfide) groups is 1. The monoisotopic (exact) mass is 462 g/mol. The summed E-state index contributed by atoms with van der Waals surface area (Å²) in [5.74, 6) is 1.88. The highest BCUT2D eigenvalue weighted by Gasteiger charge is 2.32. The maximum Gasteiger partial charge on any atom is 0.433 e. The Morgan fingerprint density at radius 3 is 2.61 bits per heavy atom. The molecule has 1 atom stereocenters. The highest BCUT2D eigenvalue weighted by Crippen LogP contribution is 2.31. The number of aromatic amines is 1. The van der Waals surface area contributed by atoms with Crippen LogP contribution in [0, 0.1) is 0 Å². The van der Waals surface area contributed by atoms with Gasteiger partial charge in [0.15, 0.2) is 0 Å². The van der Waals surface area contributed by atoms with Gasteiger partial charge in [0.25, 0.3) is 0 Å². The Morgan fingerprint density at radius 2 is 1.87 bits per heavy atom. The standard InChI is InChI=1S/C21H18F3N4OPS/c1-29-17-5-3-13(9-18(17)30)26-12-2-4-15-16(8-12)28-20(27-15)11-31-14-6-7-25-19(10-14)21(22,23)24/h2-10,26H,11,30H2,1H3,(H,27,28). The smallest absolute Gasteiger partial charge is 0.433 e. The van der Waals surface area contributed by atoms with Crippen molar-refractivity contribution in [3.05, 3.63) is 66.2 Å². The van der Waals surface area contributed by atoms with Crippen molar-refractivity contribution in [3.63, 3.8) is 0 Å². The fraction of sp³-hybridized carbons (Fsp3) is 0.143. The molecule has 0 fully saturated rings. The molecule has 0 aliphatic heterocycles. The molecule has 4 aromatic rings. The van der Waals surface area contributed by atoms with Gasteiger partial charge in [-0.3, -0.25) is 4.98 Å². The highest BCUT2D eigenvalue weighted by molar-refractivity contribution is 7.98. The van der Waals surface area contributed by atoms with Crippen LogP contribution in [0.3, 0.4) is 0 Å². The van der Waals surface area contributed by atoms with Crippen molar-refractivity contribution in [1.29, 1.82) is 0 Å². The second-order valence-electron chi connectivity index (χ2n) is 6.66.